The van der Waals surface area contributed by atoms with E-state index in [1.807, 2.05) is 0 Å². The number of thiophene rings is 1. The number of carboxylic acid groups (broad SMARTS) is 1. The third-order valence-electron chi connectivity index (χ3n) is 2.90. The van der Waals surface area contributed by atoms with Crippen LogP contribution in [-0.2, 0) is 0 Å². The van der Waals surface area contributed by atoms with Gasteiger partial charge < -0.3 is 5.11 Å². The summed E-state index contributed by atoms with van der Waals surface area (Å²) in [6.45, 7) is 1.74. The standard InChI is InChI=1S/C13H8ClFN2O2S/c1-6-7-5-10(13(18)19)20-12(7)17(16-6)11-8(14)3-2-4-9(11)15/h2-5H,1H3,(H,18,19). The summed E-state index contributed by atoms with van der Waals surface area (Å²) in [5.41, 5.74) is 0.758. The lowest BCUT2D eigenvalue weighted by Gasteiger charge is -2.05. The number of aromatic carboxylic acids is 1. The minimum atomic E-state index is -1.02. The van der Waals surface area contributed by atoms with E-state index in [4.69, 9.17) is 16.7 Å². The lowest BCUT2D eigenvalue weighted by atomic mass is 10.3. The number of rotatable bonds is 2. The topological polar surface area (TPSA) is 55.1 Å². The van der Waals surface area contributed by atoms with Gasteiger partial charge in [-0.2, -0.15) is 5.10 Å². The van der Waals surface area contributed by atoms with E-state index in [9.17, 15) is 9.18 Å². The van der Waals surface area contributed by atoms with Gasteiger partial charge in [0.15, 0.2) is 0 Å². The smallest absolute Gasteiger partial charge is 0.345 e. The van der Waals surface area contributed by atoms with Crippen molar-refractivity contribution in [1.82, 2.24) is 9.78 Å². The zero-order valence-electron chi connectivity index (χ0n) is 10.2. The second-order valence-electron chi connectivity index (χ2n) is 4.20. The van der Waals surface area contributed by atoms with Gasteiger partial charge in [-0.05, 0) is 25.1 Å². The van der Waals surface area contributed by atoms with Crippen LogP contribution in [0.3, 0.4) is 0 Å². The van der Waals surface area contributed by atoms with Crippen LogP contribution >= 0.6 is 22.9 Å². The van der Waals surface area contributed by atoms with Crippen molar-refractivity contribution < 1.29 is 14.3 Å². The van der Waals surface area contributed by atoms with E-state index in [1.165, 1.54) is 22.9 Å². The molecule has 0 saturated carbocycles. The molecule has 102 valence electrons. The average Bonchev–Trinajstić information content (AvgIpc) is 2.92. The highest BCUT2D eigenvalue weighted by Gasteiger charge is 2.19. The molecule has 3 aromatic rings. The first-order valence-electron chi connectivity index (χ1n) is 5.66. The SMILES string of the molecule is Cc1nn(-c2c(F)cccc2Cl)c2sc(C(=O)O)cc12. The first-order chi connectivity index (χ1) is 9.49. The fourth-order valence-electron chi connectivity index (χ4n) is 2.00. The van der Waals surface area contributed by atoms with Crippen molar-refractivity contribution in [2.24, 2.45) is 0 Å². The second-order valence-corrected chi connectivity index (χ2v) is 5.64. The highest BCUT2D eigenvalue weighted by atomic mass is 35.5. The number of para-hydroxylation sites is 1. The number of hydrogen-bond acceptors (Lipinski definition) is 3. The molecule has 0 atom stereocenters. The number of carboxylic acids is 1. The van der Waals surface area contributed by atoms with E-state index >= 15 is 0 Å². The van der Waals surface area contributed by atoms with Gasteiger partial charge in [0.1, 0.15) is 21.2 Å². The number of aromatic nitrogens is 2. The Morgan fingerprint density at radius 3 is 2.90 bits per heavy atom. The molecule has 0 aliphatic rings. The maximum absolute atomic E-state index is 14.0. The van der Waals surface area contributed by atoms with Crippen LogP contribution in [0.4, 0.5) is 4.39 Å². The Kier molecular flexibility index (Phi) is 2.99. The fraction of sp³-hybridized carbons (Fsp3) is 0.0769. The number of nitrogens with zero attached hydrogens (tertiary/aromatic N) is 2. The van der Waals surface area contributed by atoms with Crippen molar-refractivity contribution >= 4 is 39.1 Å². The van der Waals surface area contributed by atoms with Gasteiger partial charge in [0.25, 0.3) is 0 Å². The molecule has 0 aliphatic carbocycles. The molecule has 0 spiro atoms. The molecular weight excluding hydrogens is 303 g/mol. The van der Waals surface area contributed by atoms with Crippen LogP contribution in [0, 0.1) is 12.7 Å². The average molecular weight is 311 g/mol. The molecule has 0 amide bonds. The summed E-state index contributed by atoms with van der Waals surface area (Å²) >= 11 is 7.07. The molecule has 0 bridgehead atoms. The summed E-state index contributed by atoms with van der Waals surface area (Å²) < 4.78 is 15.3. The number of fused-ring (bicyclic) bond motifs is 1. The Labute approximate surface area is 122 Å². The lowest BCUT2D eigenvalue weighted by molar-refractivity contribution is 0.0702. The Bertz CT molecular complexity index is 820. The molecule has 0 unspecified atom stereocenters. The van der Waals surface area contributed by atoms with Gasteiger partial charge in [0.05, 0.1) is 10.7 Å². The Hall–Kier alpha value is -1.92. The van der Waals surface area contributed by atoms with Gasteiger partial charge in [-0.15, -0.1) is 11.3 Å². The molecule has 2 heterocycles. The molecule has 1 aromatic carbocycles. The molecular formula is C13H8ClFN2O2S. The van der Waals surface area contributed by atoms with Crippen molar-refractivity contribution in [3.05, 3.63) is 45.7 Å². The van der Waals surface area contributed by atoms with Crippen molar-refractivity contribution in [2.45, 2.75) is 6.92 Å². The van der Waals surface area contributed by atoms with Crippen LogP contribution in [0.2, 0.25) is 5.02 Å². The van der Waals surface area contributed by atoms with Crippen LogP contribution in [0.15, 0.2) is 24.3 Å². The fourth-order valence-corrected chi connectivity index (χ4v) is 3.25. The molecule has 1 N–H and O–H groups in total. The van der Waals surface area contributed by atoms with Crippen LogP contribution in [0.1, 0.15) is 15.4 Å². The monoisotopic (exact) mass is 310 g/mol. The number of aryl methyl sites for hydroxylation is 1. The third-order valence-corrected chi connectivity index (χ3v) is 4.31. The van der Waals surface area contributed by atoms with Crippen molar-refractivity contribution in [2.75, 3.05) is 0 Å². The molecule has 3 rings (SSSR count). The molecule has 20 heavy (non-hydrogen) atoms. The van der Waals surface area contributed by atoms with Gasteiger partial charge in [-0.3, -0.25) is 0 Å². The lowest BCUT2D eigenvalue weighted by Crippen LogP contribution is -2.00. The van der Waals surface area contributed by atoms with Gasteiger partial charge in [-0.1, -0.05) is 17.7 Å². The quantitative estimate of drug-likeness (QED) is 0.781. The maximum atomic E-state index is 14.0. The Balaban J connectivity index is 2.34. The highest BCUT2D eigenvalue weighted by Crippen LogP contribution is 2.33. The predicted octanol–water partition coefficient (Wildman–Crippen LogP) is 3.89. The van der Waals surface area contributed by atoms with Crippen molar-refractivity contribution in [3.63, 3.8) is 0 Å². The van der Waals surface area contributed by atoms with E-state index in [1.54, 1.807) is 13.0 Å². The zero-order valence-corrected chi connectivity index (χ0v) is 11.8. The summed E-state index contributed by atoms with van der Waals surface area (Å²) in [5, 5.41) is 14.2. The highest BCUT2D eigenvalue weighted by molar-refractivity contribution is 7.20. The normalized spacial score (nSPS) is 11.2. The van der Waals surface area contributed by atoms with E-state index in [0.717, 1.165) is 11.3 Å². The van der Waals surface area contributed by atoms with Crippen LogP contribution in [0.5, 0.6) is 0 Å². The molecule has 0 radical (unpaired) electrons. The van der Waals surface area contributed by atoms with Crippen LogP contribution in [0.25, 0.3) is 15.9 Å². The summed E-state index contributed by atoms with van der Waals surface area (Å²) in [6, 6.07) is 5.89. The van der Waals surface area contributed by atoms with Gasteiger partial charge >= 0.3 is 5.97 Å². The van der Waals surface area contributed by atoms with E-state index in [-0.39, 0.29) is 15.6 Å². The summed E-state index contributed by atoms with van der Waals surface area (Å²) in [5.74, 6) is -1.52. The van der Waals surface area contributed by atoms with Crippen molar-refractivity contribution in [3.8, 4) is 5.69 Å². The first-order valence-corrected chi connectivity index (χ1v) is 6.85. The van der Waals surface area contributed by atoms with Gasteiger partial charge in [0.2, 0.25) is 0 Å². The first kappa shape index (κ1) is 13.1. The predicted molar refractivity (Wildman–Crippen MR) is 75.6 cm³/mol. The molecule has 0 saturated heterocycles. The largest absolute Gasteiger partial charge is 0.477 e. The van der Waals surface area contributed by atoms with Crippen molar-refractivity contribution in [1.29, 1.82) is 0 Å². The van der Waals surface area contributed by atoms with E-state index in [0.29, 0.717) is 15.9 Å². The molecule has 7 heteroatoms. The number of benzene rings is 1. The van der Waals surface area contributed by atoms with E-state index in [2.05, 4.69) is 5.10 Å². The molecule has 0 fully saturated rings. The number of hydrogen-bond donors (Lipinski definition) is 1. The van der Waals surface area contributed by atoms with Crippen LogP contribution in [-0.4, -0.2) is 20.9 Å². The minimum absolute atomic E-state index is 0.131. The number of halogens is 2. The summed E-state index contributed by atoms with van der Waals surface area (Å²) in [6.07, 6.45) is 0. The number of carbonyl (C=O) groups is 1. The molecule has 2 aromatic heterocycles. The second kappa shape index (κ2) is 4.57. The van der Waals surface area contributed by atoms with Crippen LogP contribution < -0.4 is 0 Å². The minimum Gasteiger partial charge on any atom is -0.477 e. The Morgan fingerprint density at radius 2 is 2.25 bits per heavy atom. The molecule has 0 aliphatic heterocycles. The summed E-state index contributed by atoms with van der Waals surface area (Å²) in [7, 11) is 0. The van der Waals surface area contributed by atoms with Gasteiger partial charge in [-0.25, -0.2) is 13.9 Å². The van der Waals surface area contributed by atoms with Gasteiger partial charge in [0, 0.05) is 5.39 Å². The maximum Gasteiger partial charge on any atom is 0.345 e. The molecule has 4 nitrogen and oxygen atoms in total. The summed E-state index contributed by atoms with van der Waals surface area (Å²) in [4.78, 5) is 11.8. The zero-order chi connectivity index (χ0) is 14.4. The third kappa shape index (κ3) is 1.88. The van der Waals surface area contributed by atoms with E-state index < -0.39 is 11.8 Å². The Morgan fingerprint density at radius 1 is 1.50 bits per heavy atom.